The van der Waals surface area contributed by atoms with E-state index in [4.69, 9.17) is 10.7 Å². The highest BCUT2D eigenvalue weighted by molar-refractivity contribution is 7.20. The average molecular weight is 455 g/mol. The molecule has 170 valence electrons. The number of carbonyl (C=O) groups is 1. The molecule has 5 N–H and O–H groups in total. The number of aromatic hydroxyl groups is 1. The number of anilines is 2. The van der Waals surface area contributed by atoms with E-state index in [0.717, 1.165) is 66.7 Å². The Labute approximate surface area is 191 Å². The summed E-state index contributed by atoms with van der Waals surface area (Å²) in [4.78, 5) is 19.9. The summed E-state index contributed by atoms with van der Waals surface area (Å²) < 4.78 is 0. The second-order valence-electron chi connectivity index (χ2n) is 8.35. The Kier molecular flexibility index (Phi) is 6.93. The number of benzene rings is 1. The number of aromatic nitrogens is 1. The van der Waals surface area contributed by atoms with E-state index in [0.29, 0.717) is 28.7 Å². The standard InChI is InChI=1S/C24H30N4O3S/c1-2-4-16-12-21(27-24-22(16)23(25)20(14-29)32-24)28-9-7-17(8-10-28)26-13-19(31)15-5-3-6-18(30)11-15/h3,5-6,11-12,14,17,19,26,30-31H,2,4,7-10,13,25H2,1H3. The van der Waals surface area contributed by atoms with Gasteiger partial charge in [0.15, 0.2) is 6.29 Å². The maximum absolute atomic E-state index is 11.4. The molecule has 0 amide bonds. The number of aryl methyl sites for hydroxylation is 1. The van der Waals surface area contributed by atoms with Crippen LogP contribution in [0.2, 0.25) is 0 Å². The Bertz CT molecular complexity index is 1090. The van der Waals surface area contributed by atoms with Crippen LogP contribution in [0.25, 0.3) is 10.2 Å². The van der Waals surface area contributed by atoms with Crippen LogP contribution in [0.5, 0.6) is 5.75 Å². The van der Waals surface area contributed by atoms with Crippen molar-refractivity contribution in [3.05, 3.63) is 46.3 Å². The highest BCUT2D eigenvalue weighted by Gasteiger charge is 2.23. The van der Waals surface area contributed by atoms with Gasteiger partial charge in [0.1, 0.15) is 16.4 Å². The van der Waals surface area contributed by atoms with Crippen LogP contribution in [0, 0.1) is 0 Å². The Morgan fingerprint density at radius 2 is 2.12 bits per heavy atom. The number of aliphatic hydroxyl groups excluding tert-OH is 1. The summed E-state index contributed by atoms with van der Waals surface area (Å²) >= 11 is 1.36. The molecule has 0 aliphatic carbocycles. The van der Waals surface area contributed by atoms with Gasteiger partial charge in [0, 0.05) is 31.1 Å². The number of thiophene rings is 1. The van der Waals surface area contributed by atoms with Crippen molar-refractivity contribution >= 4 is 39.3 Å². The Morgan fingerprint density at radius 3 is 2.81 bits per heavy atom. The zero-order valence-corrected chi connectivity index (χ0v) is 19.1. The number of nitrogen functional groups attached to an aromatic ring is 1. The van der Waals surface area contributed by atoms with Crippen LogP contribution in [0.4, 0.5) is 11.5 Å². The van der Waals surface area contributed by atoms with Gasteiger partial charge in [0.05, 0.1) is 16.7 Å². The molecule has 0 spiro atoms. The van der Waals surface area contributed by atoms with E-state index in [1.807, 2.05) is 6.07 Å². The molecular weight excluding hydrogens is 424 g/mol. The van der Waals surface area contributed by atoms with Crippen molar-refractivity contribution in [1.82, 2.24) is 10.3 Å². The highest BCUT2D eigenvalue weighted by Crippen LogP contribution is 2.37. The van der Waals surface area contributed by atoms with Crippen LogP contribution in [-0.4, -0.2) is 47.2 Å². The topological polar surface area (TPSA) is 112 Å². The maximum Gasteiger partial charge on any atom is 0.162 e. The van der Waals surface area contributed by atoms with Crippen LogP contribution in [0.3, 0.4) is 0 Å². The molecule has 1 fully saturated rings. The van der Waals surface area contributed by atoms with Crippen LogP contribution in [0.15, 0.2) is 30.3 Å². The summed E-state index contributed by atoms with van der Waals surface area (Å²) in [5.74, 6) is 1.10. The van der Waals surface area contributed by atoms with Gasteiger partial charge >= 0.3 is 0 Å². The minimum absolute atomic E-state index is 0.162. The van der Waals surface area contributed by atoms with Gasteiger partial charge in [-0.1, -0.05) is 25.5 Å². The number of hydrogen-bond donors (Lipinski definition) is 4. The van der Waals surface area contributed by atoms with Crippen molar-refractivity contribution < 1.29 is 15.0 Å². The molecule has 3 aromatic rings. The van der Waals surface area contributed by atoms with Gasteiger partial charge in [0.2, 0.25) is 0 Å². The second-order valence-corrected chi connectivity index (χ2v) is 9.38. The Hall–Kier alpha value is -2.68. The zero-order valence-electron chi connectivity index (χ0n) is 18.3. The lowest BCUT2D eigenvalue weighted by Gasteiger charge is -2.34. The van der Waals surface area contributed by atoms with Crippen molar-refractivity contribution in [2.45, 2.75) is 44.8 Å². The molecule has 1 unspecified atom stereocenters. The van der Waals surface area contributed by atoms with Crippen molar-refractivity contribution in [2.24, 2.45) is 0 Å². The fraction of sp³-hybridized carbons (Fsp3) is 0.417. The number of aldehydes is 1. The molecule has 0 saturated carbocycles. The maximum atomic E-state index is 11.4. The number of carbonyl (C=O) groups excluding carboxylic acids is 1. The summed E-state index contributed by atoms with van der Waals surface area (Å²) in [5, 5.41) is 24.4. The third kappa shape index (κ3) is 4.72. The number of nitrogens with one attached hydrogen (secondary N) is 1. The molecule has 1 atom stereocenters. The van der Waals surface area contributed by atoms with Crippen LogP contribution < -0.4 is 16.0 Å². The number of pyridine rings is 1. The lowest BCUT2D eigenvalue weighted by Crippen LogP contribution is -2.44. The molecule has 1 saturated heterocycles. The molecule has 1 aliphatic rings. The fourth-order valence-corrected chi connectivity index (χ4v) is 5.31. The Morgan fingerprint density at radius 1 is 1.34 bits per heavy atom. The first kappa shape index (κ1) is 22.5. The number of rotatable bonds is 8. The van der Waals surface area contributed by atoms with Crippen molar-refractivity contribution in [1.29, 1.82) is 0 Å². The molecule has 2 aromatic heterocycles. The third-order valence-corrected chi connectivity index (χ3v) is 7.12. The minimum Gasteiger partial charge on any atom is -0.508 e. The first-order valence-corrected chi connectivity index (χ1v) is 11.9. The minimum atomic E-state index is -0.655. The normalized spacial score (nSPS) is 15.9. The summed E-state index contributed by atoms with van der Waals surface area (Å²) in [7, 11) is 0. The average Bonchev–Trinajstić information content (AvgIpc) is 3.13. The molecule has 1 aromatic carbocycles. The number of phenols is 1. The van der Waals surface area contributed by atoms with Gasteiger partial charge < -0.3 is 26.2 Å². The zero-order chi connectivity index (χ0) is 22.7. The van der Waals surface area contributed by atoms with Crippen molar-refractivity contribution in [3.8, 4) is 5.75 Å². The molecule has 0 radical (unpaired) electrons. The number of fused-ring (bicyclic) bond motifs is 1. The van der Waals surface area contributed by atoms with Gasteiger partial charge in [-0.2, -0.15) is 0 Å². The number of aliphatic hydroxyl groups is 1. The van der Waals surface area contributed by atoms with Gasteiger partial charge in [-0.05, 0) is 48.6 Å². The molecule has 1 aliphatic heterocycles. The summed E-state index contributed by atoms with van der Waals surface area (Å²) in [6.07, 6.45) is 3.95. The van der Waals surface area contributed by atoms with E-state index in [1.165, 1.54) is 11.3 Å². The van der Waals surface area contributed by atoms with Crippen LogP contribution in [-0.2, 0) is 6.42 Å². The number of phenolic OH excluding ortho intramolecular Hbond substituents is 1. The SMILES string of the molecule is CCCc1cc(N2CCC(NCC(O)c3cccc(O)c3)CC2)nc2sc(C=O)c(N)c12. The van der Waals surface area contributed by atoms with E-state index in [9.17, 15) is 15.0 Å². The van der Waals surface area contributed by atoms with Crippen LogP contribution in [0.1, 0.15) is 53.1 Å². The van der Waals surface area contributed by atoms with Gasteiger partial charge in [-0.3, -0.25) is 4.79 Å². The van der Waals surface area contributed by atoms with E-state index in [1.54, 1.807) is 18.2 Å². The molecule has 8 heteroatoms. The molecule has 0 bridgehead atoms. The van der Waals surface area contributed by atoms with E-state index >= 15 is 0 Å². The molecule has 4 rings (SSSR count). The smallest absolute Gasteiger partial charge is 0.162 e. The Balaban J connectivity index is 1.41. The third-order valence-electron chi connectivity index (χ3n) is 6.10. The van der Waals surface area contributed by atoms with Crippen molar-refractivity contribution in [3.63, 3.8) is 0 Å². The number of nitrogens with zero attached hydrogens (tertiary/aromatic N) is 2. The number of nitrogens with two attached hydrogens (primary N) is 1. The first-order chi connectivity index (χ1) is 15.5. The molecular formula is C24H30N4O3S. The van der Waals surface area contributed by atoms with E-state index < -0.39 is 6.10 Å². The fourth-order valence-electron chi connectivity index (χ4n) is 4.36. The van der Waals surface area contributed by atoms with Gasteiger partial charge in [0.25, 0.3) is 0 Å². The second kappa shape index (κ2) is 9.85. The van der Waals surface area contributed by atoms with E-state index in [-0.39, 0.29) is 5.75 Å². The monoisotopic (exact) mass is 454 g/mol. The van der Waals surface area contributed by atoms with Gasteiger partial charge in [-0.15, -0.1) is 11.3 Å². The van der Waals surface area contributed by atoms with Crippen LogP contribution >= 0.6 is 11.3 Å². The highest BCUT2D eigenvalue weighted by atomic mass is 32.1. The van der Waals surface area contributed by atoms with Crippen molar-refractivity contribution in [2.75, 3.05) is 30.3 Å². The summed E-state index contributed by atoms with van der Waals surface area (Å²) in [5.41, 5.74) is 8.64. The number of piperidine rings is 1. The first-order valence-electron chi connectivity index (χ1n) is 11.1. The predicted molar refractivity (Wildman–Crippen MR) is 130 cm³/mol. The molecule has 7 nitrogen and oxygen atoms in total. The lowest BCUT2D eigenvalue weighted by molar-refractivity contribution is 0.112. The summed E-state index contributed by atoms with van der Waals surface area (Å²) in [6.45, 7) is 4.32. The van der Waals surface area contributed by atoms with E-state index in [2.05, 4.69) is 23.2 Å². The largest absolute Gasteiger partial charge is 0.508 e. The quantitative estimate of drug-likeness (QED) is 0.385. The predicted octanol–water partition coefficient (Wildman–Crippen LogP) is 3.64. The number of hydrogen-bond acceptors (Lipinski definition) is 8. The molecule has 32 heavy (non-hydrogen) atoms. The summed E-state index contributed by atoms with van der Waals surface area (Å²) in [6, 6.07) is 9.19. The van der Waals surface area contributed by atoms with Gasteiger partial charge in [-0.25, -0.2) is 4.98 Å². The lowest BCUT2D eigenvalue weighted by atomic mass is 10.0. The molecule has 3 heterocycles.